The van der Waals surface area contributed by atoms with E-state index in [1.54, 1.807) is 11.3 Å². The number of fused-ring (bicyclic) bond motifs is 1. The number of nitrogens with zero attached hydrogens (tertiary/aromatic N) is 1. The van der Waals surface area contributed by atoms with Crippen molar-refractivity contribution in [2.24, 2.45) is 5.92 Å². The molecule has 5 nitrogen and oxygen atoms in total. The molecule has 0 saturated heterocycles. The number of carbonyl (C=O) groups is 2. The largest absolute Gasteiger partial charge is 0.479 e. The Labute approximate surface area is 129 Å². The molecule has 116 valence electrons. The van der Waals surface area contributed by atoms with Gasteiger partial charge in [-0.25, -0.2) is 9.59 Å². The van der Waals surface area contributed by atoms with E-state index in [0.717, 1.165) is 23.3 Å². The second-order valence-corrected chi connectivity index (χ2v) is 6.61. The van der Waals surface area contributed by atoms with Gasteiger partial charge in [0.25, 0.3) is 0 Å². The number of rotatable bonds is 4. The fourth-order valence-corrected chi connectivity index (χ4v) is 3.48. The monoisotopic (exact) mass is 310 g/mol. The molecule has 1 aliphatic rings. The first-order chi connectivity index (χ1) is 9.95. The van der Waals surface area contributed by atoms with Crippen LogP contribution in [-0.2, 0) is 11.2 Å². The molecule has 2 heterocycles. The van der Waals surface area contributed by atoms with Crippen molar-refractivity contribution >= 4 is 23.3 Å². The van der Waals surface area contributed by atoms with Crippen molar-refractivity contribution in [3.63, 3.8) is 0 Å². The van der Waals surface area contributed by atoms with E-state index in [4.69, 9.17) is 0 Å². The smallest absolute Gasteiger partial charge is 0.331 e. The molecule has 2 rings (SSSR count). The van der Waals surface area contributed by atoms with E-state index >= 15 is 0 Å². The molecule has 0 aliphatic carbocycles. The van der Waals surface area contributed by atoms with Gasteiger partial charge in [0, 0.05) is 17.5 Å². The minimum absolute atomic E-state index is 0.0285. The highest BCUT2D eigenvalue weighted by molar-refractivity contribution is 7.10. The van der Waals surface area contributed by atoms with Gasteiger partial charge in [0.05, 0.1) is 0 Å². The standard InChI is InChI=1S/C15H22N2O3S/c1-4-9(2)10(3)16-15(20)17-7-5-12-11(6-8-21-12)13(17)14(18)19/h6,8-10,13H,4-5,7H2,1-3H3,(H,16,20)(H,18,19). The molecule has 2 amide bonds. The van der Waals surface area contributed by atoms with Gasteiger partial charge in [-0.15, -0.1) is 11.3 Å². The number of carbonyl (C=O) groups excluding carboxylic acids is 1. The lowest BCUT2D eigenvalue weighted by atomic mass is 9.99. The SMILES string of the molecule is CCC(C)C(C)NC(=O)N1CCc2sccc2C1C(=O)O. The lowest BCUT2D eigenvalue weighted by molar-refractivity contribution is -0.142. The zero-order valence-corrected chi connectivity index (χ0v) is 13.4. The van der Waals surface area contributed by atoms with E-state index in [2.05, 4.69) is 19.2 Å². The van der Waals surface area contributed by atoms with Crippen molar-refractivity contribution in [1.82, 2.24) is 10.2 Å². The van der Waals surface area contributed by atoms with Crippen LogP contribution in [0.1, 0.15) is 43.7 Å². The second kappa shape index (κ2) is 6.47. The Bertz CT molecular complexity index is 529. The Hall–Kier alpha value is -1.56. The van der Waals surface area contributed by atoms with Gasteiger partial charge in [-0.1, -0.05) is 20.3 Å². The van der Waals surface area contributed by atoms with E-state index in [-0.39, 0.29) is 12.1 Å². The molecule has 0 spiro atoms. The molecule has 1 aliphatic heterocycles. The van der Waals surface area contributed by atoms with Crippen LogP contribution in [0.2, 0.25) is 0 Å². The minimum Gasteiger partial charge on any atom is -0.479 e. The number of aliphatic carboxylic acids is 1. The number of nitrogens with one attached hydrogen (secondary N) is 1. The molecule has 0 fully saturated rings. The van der Waals surface area contributed by atoms with Gasteiger partial charge in [-0.3, -0.25) is 0 Å². The molecule has 3 unspecified atom stereocenters. The summed E-state index contributed by atoms with van der Waals surface area (Å²) in [6, 6.07) is 0.688. The molecule has 21 heavy (non-hydrogen) atoms. The molecule has 1 aromatic rings. The van der Waals surface area contributed by atoms with Crippen molar-refractivity contribution in [2.75, 3.05) is 6.54 Å². The van der Waals surface area contributed by atoms with E-state index in [1.165, 1.54) is 4.90 Å². The molecule has 0 aromatic carbocycles. The van der Waals surface area contributed by atoms with Crippen LogP contribution in [0.3, 0.4) is 0 Å². The van der Waals surface area contributed by atoms with E-state index in [0.29, 0.717) is 12.5 Å². The van der Waals surface area contributed by atoms with Crippen LogP contribution in [0.5, 0.6) is 0 Å². The number of carboxylic acid groups (broad SMARTS) is 1. The molecule has 6 heteroatoms. The minimum atomic E-state index is -0.972. The lowest BCUT2D eigenvalue weighted by Gasteiger charge is -2.34. The first-order valence-corrected chi connectivity index (χ1v) is 8.19. The fourth-order valence-electron chi connectivity index (χ4n) is 2.57. The maximum Gasteiger partial charge on any atom is 0.331 e. The normalized spacial score (nSPS) is 20.5. The van der Waals surface area contributed by atoms with E-state index < -0.39 is 12.0 Å². The van der Waals surface area contributed by atoms with Crippen LogP contribution < -0.4 is 5.32 Å². The predicted octanol–water partition coefficient (Wildman–Crippen LogP) is 2.88. The first kappa shape index (κ1) is 15.8. The Morgan fingerprint density at radius 3 is 2.86 bits per heavy atom. The third-order valence-corrected chi connectivity index (χ3v) is 5.31. The van der Waals surface area contributed by atoms with Crippen LogP contribution in [0.4, 0.5) is 4.79 Å². The summed E-state index contributed by atoms with van der Waals surface area (Å²) in [5.41, 5.74) is 0.755. The fraction of sp³-hybridized carbons (Fsp3) is 0.600. The summed E-state index contributed by atoms with van der Waals surface area (Å²) in [7, 11) is 0. The van der Waals surface area contributed by atoms with Gasteiger partial charge in [0.15, 0.2) is 6.04 Å². The van der Waals surface area contributed by atoms with Crippen LogP contribution >= 0.6 is 11.3 Å². The highest BCUT2D eigenvalue weighted by atomic mass is 32.1. The number of carboxylic acids is 1. The average molecular weight is 310 g/mol. The number of hydrogen-bond donors (Lipinski definition) is 2. The maximum atomic E-state index is 12.4. The van der Waals surface area contributed by atoms with Crippen LogP contribution in [0.15, 0.2) is 11.4 Å². The molecular weight excluding hydrogens is 288 g/mol. The van der Waals surface area contributed by atoms with Crippen molar-refractivity contribution in [1.29, 1.82) is 0 Å². The van der Waals surface area contributed by atoms with Crippen LogP contribution in [0.25, 0.3) is 0 Å². The van der Waals surface area contributed by atoms with Crippen molar-refractivity contribution in [2.45, 2.75) is 45.7 Å². The third-order valence-electron chi connectivity index (χ3n) is 4.31. The topological polar surface area (TPSA) is 69.6 Å². The summed E-state index contributed by atoms with van der Waals surface area (Å²) >= 11 is 1.56. The Kier molecular flexibility index (Phi) is 4.88. The van der Waals surface area contributed by atoms with Gasteiger partial charge in [0.1, 0.15) is 0 Å². The molecule has 0 bridgehead atoms. The van der Waals surface area contributed by atoms with Gasteiger partial charge in [0.2, 0.25) is 0 Å². The molecule has 2 N–H and O–H groups in total. The number of amides is 2. The zero-order chi connectivity index (χ0) is 15.6. The molecule has 1 aromatic heterocycles. The number of urea groups is 1. The highest BCUT2D eigenvalue weighted by Crippen LogP contribution is 2.33. The second-order valence-electron chi connectivity index (χ2n) is 5.61. The maximum absolute atomic E-state index is 12.4. The highest BCUT2D eigenvalue weighted by Gasteiger charge is 2.37. The van der Waals surface area contributed by atoms with E-state index in [1.807, 2.05) is 18.4 Å². The summed E-state index contributed by atoms with van der Waals surface area (Å²) in [5.74, 6) is -0.612. The van der Waals surface area contributed by atoms with Gasteiger partial charge in [-0.05, 0) is 36.3 Å². The van der Waals surface area contributed by atoms with Crippen molar-refractivity contribution < 1.29 is 14.7 Å². The molecule has 0 radical (unpaired) electrons. The quantitative estimate of drug-likeness (QED) is 0.898. The zero-order valence-electron chi connectivity index (χ0n) is 12.6. The molecule has 3 atom stereocenters. The Balaban J connectivity index is 2.15. The van der Waals surface area contributed by atoms with Crippen molar-refractivity contribution in [3.05, 3.63) is 21.9 Å². The summed E-state index contributed by atoms with van der Waals surface area (Å²) < 4.78 is 0. The first-order valence-electron chi connectivity index (χ1n) is 7.31. The lowest BCUT2D eigenvalue weighted by Crippen LogP contribution is -2.51. The summed E-state index contributed by atoms with van der Waals surface area (Å²) in [5, 5.41) is 14.3. The molecule has 0 saturated carbocycles. The molecular formula is C15H22N2O3S. The van der Waals surface area contributed by atoms with Gasteiger partial charge >= 0.3 is 12.0 Å². The van der Waals surface area contributed by atoms with Crippen LogP contribution in [-0.4, -0.2) is 34.6 Å². The summed E-state index contributed by atoms with van der Waals surface area (Å²) in [6.07, 6.45) is 1.69. The third kappa shape index (κ3) is 3.20. The van der Waals surface area contributed by atoms with E-state index in [9.17, 15) is 14.7 Å². The Morgan fingerprint density at radius 1 is 1.52 bits per heavy atom. The van der Waals surface area contributed by atoms with Gasteiger partial charge in [-0.2, -0.15) is 0 Å². The summed E-state index contributed by atoms with van der Waals surface area (Å²) in [4.78, 5) is 26.5. The van der Waals surface area contributed by atoms with Crippen LogP contribution in [0, 0.1) is 5.92 Å². The summed E-state index contributed by atoms with van der Waals surface area (Å²) in [6.45, 7) is 6.56. The van der Waals surface area contributed by atoms with Gasteiger partial charge < -0.3 is 15.3 Å². The number of thiophene rings is 1. The predicted molar refractivity (Wildman–Crippen MR) is 82.6 cm³/mol. The number of hydrogen-bond acceptors (Lipinski definition) is 3. The van der Waals surface area contributed by atoms with Crippen molar-refractivity contribution in [3.8, 4) is 0 Å². The average Bonchev–Trinajstić information content (AvgIpc) is 2.92. The Morgan fingerprint density at radius 2 is 2.24 bits per heavy atom.